The van der Waals surface area contributed by atoms with E-state index >= 15 is 0 Å². The molecule has 0 fully saturated rings. The highest BCUT2D eigenvalue weighted by molar-refractivity contribution is 7.93. The van der Waals surface area contributed by atoms with Gasteiger partial charge in [0.2, 0.25) is 0 Å². The van der Waals surface area contributed by atoms with Crippen LogP contribution in [0.25, 0.3) is 10.9 Å². The molecule has 0 aliphatic carbocycles. The van der Waals surface area contributed by atoms with Gasteiger partial charge in [0.25, 0.3) is 0 Å². The zero-order valence-electron chi connectivity index (χ0n) is 23.0. The highest BCUT2D eigenvalue weighted by atomic mass is 35.5. The first kappa shape index (κ1) is 32.1. The van der Waals surface area contributed by atoms with Crippen LogP contribution in [0.3, 0.4) is 0 Å². The normalized spacial score (nSPS) is 13.7. The number of sulfonamides is 1. The van der Waals surface area contributed by atoms with Gasteiger partial charge in [0.1, 0.15) is 11.5 Å². The van der Waals surface area contributed by atoms with Crippen LogP contribution in [0, 0.1) is 0 Å². The Bertz CT molecular complexity index is 1760. The number of nitrogen functional groups attached to an aromatic ring is 1. The monoisotopic (exact) mass is 639 g/mol. The van der Waals surface area contributed by atoms with Gasteiger partial charge in [0.05, 0.1) is 16.8 Å². The van der Waals surface area contributed by atoms with Gasteiger partial charge in [-0.05, 0) is 60.9 Å². The molecule has 0 spiro atoms. The van der Waals surface area contributed by atoms with Crippen LogP contribution in [-0.2, 0) is 23.0 Å². The molecule has 2 atom stereocenters. The van der Waals surface area contributed by atoms with Crippen LogP contribution in [0.5, 0.6) is 0 Å². The second-order valence-corrected chi connectivity index (χ2v) is 12.4. The summed E-state index contributed by atoms with van der Waals surface area (Å²) in [6.07, 6.45) is 1.14. The minimum atomic E-state index is -5.61. The molecule has 0 aliphatic rings. The van der Waals surface area contributed by atoms with Crippen molar-refractivity contribution in [3.05, 3.63) is 88.2 Å². The third-order valence-electron chi connectivity index (χ3n) is 6.93. The summed E-state index contributed by atoms with van der Waals surface area (Å²) in [5, 5.41) is 24.5. The van der Waals surface area contributed by atoms with E-state index < -0.39 is 27.6 Å². The number of aliphatic hydroxyl groups is 1. The number of alkyl halides is 3. The molecule has 2 aromatic heterocycles. The van der Waals surface area contributed by atoms with Gasteiger partial charge in [-0.2, -0.15) is 21.6 Å². The minimum absolute atomic E-state index is 0.0297. The Morgan fingerprint density at radius 3 is 2.53 bits per heavy atom. The van der Waals surface area contributed by atoms with E-state index in [-0.39, 0.29) is 45.7 Å². The molecule has 10 nitrogen and oxygen atoms in total. The van der Waals surface area contributed by atoms with Crippen molar-refractivity contribution in [2.45, 2.75) is 37.5 Å². The predicted molar refractivity (Wildman–Crippen MR) is 158 cm³/mol. The van der Waals surface area contributed by atoms with Crippen molar-refractivity contribution in [1.82, 2.24) is 14.9 Å². The SMILES string of the molecule is CC(Cc1ccc2c(c1)cc(C(=O)O)n2Cc1cccc(N(C)S(=O)(=O)C(F)(F)F)c1)NCC(O)c1cnc(N)c(Cl)c1. The molecule has 0 amide bonds. The number of nitrogens with one attached hydrogen (secondary N) is 1. The molecule has 230 valence electrons. The number of carbonyl (C=O) groups is 1. The summed E-state index contributed by atoms with van der Waals surface area (Å²) in [5.41, 5.74) is 2.28. The lowest BCUT2D eigenvalue weighted by Crippen LogP contribution is -2.38. The lowest BCUT2D eigenvalue weighted by Gasteiger charge is -2.21. The Hall–Kier alpha value is -3.85. The van der Waals surface area contributed by atoms with E-state index in [1.807, 2.05) is 19.1 Å². The number of hydrogen-bond donors (Lipinski definition) is 4. The maximum absolute atomic E-state index is 13.1. The number of rotatable bonds is 11. The number of anilines is 2. The summed E-state index contributed by atoms with van der Waals surface area (Å²) in [5.74, 6) is -1.03. The average Bonchev–Trinajstić information content (AvgIpc) is 3.30. The van der Waals surface area contributed by atoms with Gasteiger partial charge < -0.3 is 25.8 Å². The zero-order chi connectivity index (χ0) is 31.7. The second-order valence-electron chi connectivity index (χ2n) is 10.1. The summed E-state index contributed by atoms with van der Waals surface area (Å²) in [6.45, 7) is 2.13. The molecule has 4 aromatic rings. The van der Waals surface area contributed by atoms with E-state index in [4.69, 9.17) is 17.3 Å². The number of aliphatic hydroxyl groups excluding tert-OH is 1. The number of nitrogens with two attached hydrogens (primary N) is 1. The van der Waals surface area contributed by atoms with Crippen LogP contribution in [-0.4, -0.2) is 59.3 Å². The van der Waals surface area contributed by atoms with Crippen molar-refractivity contribution in [2.24, 2.45) is 0 Å². The molecular weight excluding hydrogens is 611 g/mol. The van der Waals surface area contributed by atoms with Crippen LogP contribution in [0.4, 0.5) is 24.7 Å². The maximum Gasteiger partial charge on any atom is 0.516 e. The van der Waals surface area contributed by atoms with E-state index in [0.29, 0.717) is 28.5 Å². The van der Waals surface area contributed by atoms with Gasteiger partial charge >= 0.3 is 21.5 Å². The molecule has 2 heterocycles. The van der Waals surface area contributed by atoms with Crippen molar-refractivity contribution in [3.8, 4) is 0 Å². The smallest absolute Gasteiger partial charge is 0.477 e. The summed E-state index contributed by atoms with van der Waals surface area (Å²) < 4.78 is 64.5. The van der Waals surface area contributed by atoms with E-state index in [2.05, 4.69) is 10.3 Å². The number of hydrogen-bond acceptors (Lipinski definition) is 7. The van der Waals surface area contributed by atoms with Gasteiger partial charge in [-0.25, -0.2) is 9.78 Å². The largest absolute Gasteiger partial charge is 0.516 e. The highest BCUT2D eigenvalue weighted by Crippen LogP contribution is 2.31. The van der Waals surface area contributed by atoms with Crippen molar-refractivity contribution < 1.29 is 36.6 Å². The number of fused-ring (bicyclic) bond motifs is 1. The Morgan fingerprint density at radius 1 is 1.16 bits per heavy atom. The van der Waals surface area contributed by atoms with Crippen LogP contribution in [0.1, 0.15) is 40.2 Å². The Kier molecular flexibility index (Phi) is 9.25. The Labute approximate surface area is 250 Å². The molecule has 2 aromatic carbocycles. The van der Waals surface area contributed by atoms with Crippen molar-refractivity contribution in [2.75, 3.05) is 23.6 Å². The summed E-state index contributed by atoms with van der Waals surface area (Å²) in [7, 11) is -4.80. The third-order valence-corrected chi connectivity index (χ3v) is 8.75. The van der Waals surface area contributed by atoms with Gasteiger partial charge in [0.15, 0.2) is 0 Å². The van der Waals surface area contributed by atoms with Gasteiger partial charge in [-0.1, -0.05) is 29.8 Å². The zero-order valence-corrected chi connectivity index (χ0v) is 24.6. The van der Waals surface area contributed by atoms with Crippen LogP contribution in [0.2, 0.25) is 5.02 Å². The Morgan fingerprint density at radius 2 is 1.88 bits per heavy atom. The van der Waals surface area contributed by atoms with E-state index in [1.54, 1.807) is 18.2 Å². The van der Waals surface area contributed by atoms with Crippen LogP contribution < -0.4 is 15.4 Å². The molecule has 0 saturated heterocycles. The van der Waals surface area contributed by atoms with Gasteiger partial charge in [-0.15, -0.1) is 0 Å². The standard InChI is InChI=1S/C28H29ClF3N5O5S/c1-16(34-14-25(38)20-11-22(29)26(33)35-13-20)8-17-6-7-23-19(9-17)12-24(27(39)40)37(23)15-18-4-3-5-21(10-18)36(2)43(41,42)28(30,31)32/h3-7,9-13,16,25,34,38H,8,14-15H2,1-2H3,(H2,33,35)(H,39,40). The first-order valence-electron chi connectivity index (χ1n) is 12.9. The maximum atomic E-state index is 13.1. The number of pyridine rings is 1. The minimum Gasteiger partial charge on any atom is -0.477 e. The number of aromatic nitrogens is 2. The summed E-state index contributed by atoms with van der Waals surface area (Å²) in [6, 6.07) is 13.9. The summed E-state index contributed by atoms with van der Waals surface area (Å²) >= 11 is 5.99. The fourth-order valence-corrected chi connectivity index (χ4v) is 5.50. The number of benzene rings is 2. The third kappa shape index (κ3) is 7.04. The molecule has 43 heavy (non-hydrogen) atoms. The van der Waals surface area contributed by atoms with E-state index in [9.17, 15) is 36.6 Å². The molecule has 15 heteroatoms. The lowest BCUT2D eigenvalue weighted by atomic mass is 10.0. The molecule has 0 radical (unpaired) electrons. The van der Waals surface area contributed by atoms with Crippen LogP contribution in [0.15, 0.2) is 60.8 Å². The molecule has 5 N–H and O–H groups in total. The van der Waals surface area contributed by atoms with Crippen molar-refractivity contribution in [3.63, 3.8) is 0 Å². The van der Waals surface area contributed by atoms with Crippen molar-refractivity contribution >= 4 is 50.0 Å². The second kappa shape index (κ2) is 12.4. The topological polar surface area (TPSA) is 151 Å². The molecule has 0 aliphatic heterocycles. The number of nitrogens with zero attached hydrogens (tertiary/aromatic N) is 3. The fraction of sp³-hybridized carbons (Fsp3) is 0.286. The Balaban J connectivity index is 1.51. The number of halogens is 4. The molecule has 2 unspecified atom stereocenters. The number of carboxylic acids is 1. The highest BCUT2D eigenvalue weighted by Gasteiger charge is 2.49. The predicted octanol–water partition coefficient (Wildman–Crippen LogP) is 4.56. The molecular formula is C28H29ClF3N5O5S. The number of carboxylic acid groups (broad SMARTS) is 1. The van der Waals surface area contributed by atoms with E-state index in [0.717, 1.165) is 12.6 Å². The summed E-state index contributed by atoms with van der Waals surface area (Å²) in [4.78, 5) is 16.0. The molecule has 0 saturated carbocycles. The van der Waals surface area contributed by atoms with Gasteiger partial charge in [-0.3, -0.25) is 4.31 Å². The molecule has 0 bridgehead atoms. The van der Waals surface area contributed by atoms with E-state index in [1.165, 1.54) is 35.0 Å². The number of aromatic carboxylic acids is 1. The lowest BCUT2D eigenvalue weighted by molar-refractivity contribution is -0.0437. The average molecular weight is 640 g/mol. The fourth-order valence-electron chi connectivity index (χ4n) is 4.62. The van der Waals surface area contributed by atoms with Crippen molar-refractivity contribution in [1.29, 1.82) is 0 Å². The quantitative estimate of drug-likeness (QED) is 0.187. The van der Waals surface area contributed by atoms with Crippen LogP contribution >= 0.6 is 11.6 Å². The van der Waals surface area contributed by atoms with Gasteiger partial charge in [0, 0.05) is 48.8 Å². The molecule has 4 rings (SSSR count). The first-order valence-corrected chi connectivity index (χ1v) is 14.7. The first-order chi connectivity index (χ1) is 20.1.